The van der Waals surface area contributed by atoms with Gasteiger partial charge in [-0.15, -0.1) is 0 Å². The van der Waals surface area contributed by atoms with Crippen molar-refractivity contribution >= 4 is 16.9 Å². The van der Waals surface area contributed by atoms with Gasteiger partial charge in [-0.3, -0.25) is 0 Å². The van der Waals surface area contributed by atoms with Gasteiger partial charge in [0.1, 0.15) is 5.60 Å². The number of para-hydroxylation sites is 1. The first kappa shape index (κ1) is 18.3. The first-order chi connectivity index (χ1) is 14.1. The van der Waals surface area contributed by atoms with Gasteiger partial charge in [-0.05, 0) is 43.4 Å². The van der Waals surface area contributed by atoms with E-state index in [0.29, 0.717) is 19.6 Å². The monoisotopic (exact) mass is 389 g/mol. The van der Waals surface area contributed by atoms with E-state index in [2.05, 4.69) is 65.8 Å². The summed E-state index contributed by atoms with van der Waals surface area (Å²) in [5, 5.41) is 4.37. The molecule has 0 bridgehead atoms. The number of aromatic nitrogens is 1. The lowest BCUT2D eigenvalue weighted by Crippen LogP contribution is -2.50. The fourth-order valence-electron chi connectivity index (χ4n) is 4.73. The van der Waals surface area contributed by atoms with Crippen LogP contribution in [0.1, 0.15) is 35.2 Å². The Kier molecular flexibility index (Phi) is 4.55. The molecule has 0 saturated carbocycles. The number of hydrogen-bond donors (Lipinski definition) is 2. The summed E-state index contributed by atoms with van der Waals surface area (Å²) in [5.41, 5.74) is 5.86. The molecule has 2 amide bonds. The summed E-state index contributed by atoms with van der Waals surface area (Å²) >= 11 is 0. The van der Waals surface area contributed by atoms with Crippen LogP contribution in [0.4, 0.5) is 4.79 Å². The van der Waals surface area contributed by atoms with Crippen molar-refractivity contribution in [2.75, 3.05) is 19.7 Å². The average molecular weight is 389 g/mol. The highest BCUT2D eigenvalue weighted by molar-refractivity contribution is 5.85. The second-order valence-electron chi connectivity index (χ2n) is 8.25. The van der Waals surface area contributed by atoms with Gasteiger partial charge >= 0.3 is 6.03 Å². The molecule has 1 spiro atoms. The first-order valence-electron chi connectivity index (χ1n) is 10.5. The molecule has 3 aromatic rings. The predicted octanol–water partition coefficient (Wildman–Crippen LogP) is 4.25. The predicted molar refractivity (Wildman–Crippen MR) is 114 cm³/mol. The Morgan fingerprint density at radius 2 is 1.90 bits per heavy atom. The molecule has 2 aromatic carbocycles. The van der Waals surface area contributed by atoms with Crippen LogP contribution in [-0.4, -0.2) is 35.6 Å². The number of fused-ring (bicyclic) bond motifs is 4. The van der Waals surface area contributed by atoms with Crippen molar-refractivity contribution in [3.63, 3.8) is 0 Å². The fourth-order valence-corrected chi connectivity index (χ4v) is 4.73. The highest BCUT2D eigenvalue weighted by atomic mass is 16.5. The number of amides is 2. The van der Waals surface area contributed by atoms with Gasteiger partial charge < -0.3 is 19.9 Å². The minimum absolute atomic E-state index is 0.00750. The van der Waals surface area contributed by atoms with Gasteiger partial charge in [-0.1, -0.05) is 48.0 Å². The van der Waals surface area contributed by atoms with Crippen LogP contribution in [0.25, 0.3) is 10.9 Å². The van der Waals surface area contributed by atoms with E-state index in [1.807, 2.05) is 4.90 Å². The summed E-state index contributed by atoms with van der Waals surface area (Å²) in [5.74, 6) is 0. The van der Waals surface area contributed by atoms with Crippen LogP contribution >= 0.6 is 0 Å². The second kappa shape index (κ2) is 7.23. The zero-order chi connectivity index (χ0) is 19.8. The third-order valence-electron chi connectivity index (χ3n) is 6.42. The molecule has 0 atom stereocenters. The van der Waals surface area contributed by atoms with Crippen LogP contribution in [-0.2, 0) is 23.3 Å². The number of H-pyrrole nitrogens is 1. The number of carbonyl (C=O) groups excluding carboxylic acids is 1. The lowest BCUT2D eigenvalue weighted by Gasteiger charge is -2.43. The molecule has 2 aliphatic rings. The molecule has 2 aliphatic heterocycles. The number of urea groups is 1. The zero-order valence-corrected chi connectivity index (χ0v) is 16.8. The molecule has 0 radical (unpaired) electrons. The van der Waals surface area contributed by atoms with Crippen molar-refractivity contribution in [2.45, 2.75) is 38.3 Å². The summed E-state index contributed by atoms with van der Waals surface area (Å²) in [4.78, 5) is 18.2. The van der Waals surface area contributed by atoms with Crippen molar-refractivity contribution in [2.24, 2.45) is 0 Å². The number of piperidine rings is 1. The molecule has 29 heavy (non-hydrogen) atoms. The lowest BCUT2D eigenvalue weighted by atomic mass is 9.83. The van der Waals surface area contributed by atoms with Crippen molar-refractivity contribution in [1.82, 2.24) is 15.2 Å². The van der Waals surface area contributed by atoms with E-state index in [1.165, 1.54) is 27.7 Å². The molecule has 150 valence electrons. The summed E-state index contributed by atoms with van der Waals surface area (Å²) in [6.45, 7) is 4.78. The summed E-state index contributed by atoms with van der Waals surface area (Å²) in [6.07, 6.45) is 2.59. The number of benzene rings is 2. The molecule has 3 heterocycles. The molecule has 5 nitrogen and oxygen atoms in total. The average Bonchev–Trinajstić information content (AvgIpc) is 3.14. The maximum Gasteiger partial charge on any atom is 0.317 e. The molecular weight excluding hydrogens is 362 g/mol. The molecule has 2 N–H and O–H groups in total. The number of hydrogen-bond acceptors (Lipinski definition) is 2. The van der Waals surface area contributed by atoms with Crippen molar-refractivity contribution in [3.8, 4) is 0 Å². The van der Waals surface area contributed by atoms with Crippen LogP contribution in [0, 0.1) is 6.92 Å². The zero-order valence-electron chi connectivity index (χ0n) is 16.8. The molecular formula is C24H27N3O2. The molecule has 5 rings (SSSR count). The fraction of sp³-hybridized carbons (Fsp3) is 0.375. The highest BCUT2D eigenvalue weighted by Gasteiger charge is 2.43. The third-order valence-corrected chi connectivity index (χ3v) is 6.42. The normalized spacial score (nSPS) is 18.0. The maximum atomic E-state index is 12.7. The topological polar surface area (TPSA) is 57.4 Å². The standard InChI is InChI=1S/C24H27N3O2/c1-17-6-8-18(9-7-17)16-25-23(28)27-13-11-24(12-14-27)22-20(10-15-29-24)19-4-2-3-5-21(19)26-22/h2-9,26H,10-16H2,1H3,(H,25,28). The highest BCUT2D eigenvalue weighted by Crippen LogP contribution is 2.43. The second-order valence-corrected chi connectivity index (χ2v) is 8.25. The van der Waals surface area contributed by atoms with Crippen molar-refractivity contribution < 1.29 is 9.53 Å². The van der Waals surface area contributed by atoms with E-state index in [1.54, 1.807) is 0 Å². The van der Waals surface area contributed by atoms with Gasteiger partial charge in [0.15, 0.2) is 0 Å². The summed E-state index contributed by atoms with van der Waals surface area (Å²) in [6, 6.07) is 16.8. The van der Waals surface area contributed by atoms with Gasteiger partial charge in [-0.2, -0.15) is 0 Å². The van der Waals surface area contributed by atoms with E-state index >= 15 is 0 Å². The smallest absolute Gasteiger partial charge is 0.317 e. The largest absolute Gasteiger partial charge is 0.368 e. The number of aromatic amines is 1. The van der Waals surface area contributed by atoms with Gasteiger partial charge in [0.2, 0.25) is 0 Å². The van der Waals surface area contributed by atoms with Gasteiger partial charge in [-0.25, -0.2) is 4.79 Å². The number of likely N-dealkylation sites (tertiary alicyclic amines) is 1. The molecule has 0 unspecified atom stereocenters. The van der Waals surface area contributed by atoms with E-state index in [4.69, 9.17) is 4.74 Å². The van der Waals surface area contributed by atoms with Gasteiger partial charge in [0, 0.05) is 30.5 Å². The van der Waals surface area contributed by atoms with Crippen LogP contribution < -0.4 is 5.32 Å². The number of nitrogens with one attached hydrogen (secondary N) is 2. The quantitative estimate of drug-likeness (QED) is 0.688. The number of carbonyl (C=O) groups is 1. The Balaban J connectivity index is 1.27. The third kappa shape index (κ3) is 3.29. The van der Waals surface area contributed by atoms with E-state index in [9.17, 15) is 4.79 Å². The SMILES string of the molecule is Cc1ccc(CNC(=O)N2CCC3(CC2)OCCc2c3[nH]c3ccccc23)cc1. The Morgan fingerprint density at radius 3 is 2.69 bits per heavy atom. The summed E-state index contributed by atoms with van der Waals surface area (Å²) < 4.78 is 6.34. The Morgan fingerprint density at radius 1 is 1.14 bits per heavy atom. The molecule has 1 aromatic heterocycles. The lowest BCUT2D eigenvalue weighted by molar-refractivity contribution is -0.0948. The molecule has 1 saturated heterocycles. The van der Waals surface area contributed by atoms with Crippen LogP contribution in [0.5, 0.6) is 0 Å². The Labute approximate surface area is 171 Å². The number of aryl methyl sites for hydroxylation is 1. The van der Waals surface area contributed by atoms with Crippen molar-refractivity contribution in [1.29, 1.82) is 0 Å². The summed E-state index contributed by atoms with van der Waals surface area (Å²) in [7, 11) is 0. The van der Waals surface area contributed by atoms with E-state index < -0.39 is 0 Å². The first-order valence-corrected chi connectivity index (χ1v) is 10.5. The molecule has 1 fully saturated rings. The number of rotatable bonds is 2. The van der Waals surface area contributed by atoms with Crippen LogP contribution in [0.3, 0.4) is 0 Å². The molecule has 5 heteroatoms. The van der Waals surface area contributed by atoms with Gasteiger partial charge in [0.05, 0.1) is 12.3 Å². The minimum Gasteiger partial charge on any atom is -0.368 e. The number of nitrogens with zero attached hydrogens (tertiary/aromatic N) is 1. The van der Waals surface area contributed by atoms with Gasteiger partial charge in [0.25, 0.3) is 0 Å². The number of ether oxygens (including phenoxy) is 1. The van der Waals surface area contributed by atoms with Crippen molar-refractivity contribution in [3.05, 3.63) is 70.9 Å². The Bertz CT molecular complexity index is 1030. The minimum atomic E-state index is -0.291. The van der Waals surface area contributed by atoms with Crippen LogP contribution in [0.2, 0.25) is 0 Å². The Hall–Kier alpha value is -2.79. The molecule has 0 aliphatic carbocycles. The van der Waals surface area contributed by atoms with Crippen LogP contribution in [0.15, 0.2) is 48.5 Å². The van der Waals surface area contributed by atoms with E-state index in [0.717, 1.165) is 31.4 Å². The van der Waals surface area contributed by atoms with E-state index in [-0.39, 0.29) is 11.6 Å². The maximum absolute atomic E-state index is 12.7.